The molecule has 0 radical (unpaired) electrons. The molecule has 2 aliphatic rings. The second-order valence-electron chi connectivity index (χ2n) is 5.72. The molecule has 2 atom stereocenters. The number of pyridine rings is 1. The fourth-order valence-corrected chi connectivity index (χ4v) is 3.32. The summed E-state index contributed by atoms with van der Waals surface area (Å²) in [4.78, 5) is 19.0. The molecule has 1 aromatic rings. The number of nitrogens with zero attached hydrogens (tertiary/aromatic N) is 2. The van der Waals surface area contributed by atoms with Gasteiger partial charge in [0, 0.05) is 13.1 Å². The highest BCUT2D eigenvalue weighted by atomic mass is 16.5. The maximum atomic E-state index is 12.7. The molecule has 0 spiro atoms. The Labute approximate surface area is 125 Å². The Bertz CT molecular complexity index is 487. The third-order valence-corrected chi connectivity index (χ3v) is 4.36. The van der Waals surface area contributed by atoms with Gasteiger partial charge < -0.3 is 15.0 Å². The second kappa shape index (κ2) is 6.43. The average molecular weight is 289 g/mol. The topological polar surface area (TPSA) is 54.5 Å². The minimum absolute atomic E-state index is 0.0400. The molecule has 1 aliphatic carbocycles. The minimum atomic E-state index is 0.0400. The Morgan fingerprint density at radius 2 is 2.29 bits per heavy atom. The summed E-state index contributed by atoms with van der Waals surface area (Å²) in [6.45, 7) is 4.21. The number of rotatable bonds is 3. The van der Waals surface area contributed by atoms with Crippen LogP contribution in [0.3, 0.4) is 0 Å². The van der Waals surface area contributed by atoms with E-state index in [2.05, 4.69) is 10.3 Å². The zero-order valence-electron chi connectivity index (χ0n) is 12.5. The summed E-state index contributed by atoms with van der Waals surface area (Å²) in [6, 6.07) is 3.96. The number of hydrogen-bond acceptors (Lipinski definition) is 4. The number of morpholine rings is 1. The Morgan fingerprint density at radius 3 is 3.05 bits per heavy atom. The van der Waals surface area contributed by atoms with Gasteiger partial charge >= 0.3 is 0 Å². The van der Waals surface area contributed by atoms with Crippen LogP contribution >= 0.6 is 0 Å². The van der Waals surface area contributed by atoms with E-state index in [-0.39, 0.29) is 18.1 Å². The Balaban J connectivity index is 1.73. The second-order valence-corrected chi connectivity index (χ2v) is 5.72. The van der Waals surface area contributed by atoms with E-state index in [1.807, 2.05) is 24.0 Å². The van der Waals surface area contributed by atoms with Crippen molar-refractivity contribution in [2.75, 3.05) is 25.0 Å². The number of aromatic nitrogens is 1. The van der Waals surface area contributed by atoms with Crippen molar-refractivity contribution >= 4 is 11.6 Å². The van der Waals surface area contributed by atoms with E-state index in [9.17, 15) is 4.79 Å². The van der Waals surface area contributed by atoms with Crippen molar-refractivity contribution in [1.82, 2.24) is 9.88 Å². The number of carbonyl (C=O) groups is 1. The Hall–Kier alpha value is -1.62. The van der Waals surface area contributed by atoms with Crippen molar-refractivity contribution in [2.45, 2.75) is 44.8 Å². The highest BCUT2D eigenvalue weighted by molar-refractivity contribution is 5.92. The first-order chi connectivity index (χ1) is 10.3. The highest BCUT2D eigenvalue weighted by Gasteiger charge is 2.37. The molecule has 2 heterocycles. The maximum Gasteiger partial charge on any atom is 0.272 e. The molecule has 1 saturated carbocycles. The smallest absolute Gasteiger partial charge is 0.272 e. The van der Waals surface area contributed by atoms with Gasteiger partial charge in [0.05, 0.1) is 30.6 Å². The molecule has 1 aliphatic heterocycles. The first-order valence-electron chi connectivity index (χ1n) is 7.92. The number of amides is 1. The molecule has 0 bridgehead atoms. The predicted octanol–water partition coefficient (Wildman–Crippen LogP) is 2.30. The minimum Gasteiger partial charge on any atom is -0.384 e. The lowest BCUT2D eigenvalue weighted by molar-refractivity contribution is -0.0754. The molecular weight excluding hydrogens is 266 g/mol. The number of anilines is 1. The molecule has 1 saturated heterocycles. The molecule has 1 aromatic heterocycles. The van der Waals surface area contributed by atoms with Crippen LogP contribution in [0, 0.1) is 0 Å². The van der Waals surface area contributed by atoms with Crippen molar-refractivity contribution in [2.24, 2.45) is 0 Å². The molecule has 21 heavy (non-hydrogen) atoms. The molecule has 0 aromatic carbocycles. The zero-order chi connectivity index (χ0) is 14.7. The van der Waals surface area contributed by atoms with Crippen LogP contribution in [-0.2, 0) is 4.74 Å². The number of hydrogen-bond donors (Lipinski definition) is 1. The number of ether oxygens (including phenoxy) is 1. The van der Waals surface area contributed by atoms with Gasteiger partial charge in [0.15, 0.2) is 0 Å². The summed E-state index contributed by atoms with van der Waals surface area (Å²) in [7, 11) is 0. The summed E-state index contributed by atoms with van der Waals surface area (Å²) in [5.41, 5.74) is 1.48. The first kappa shape index (κ1) is 14.3. The summed E-state index contributed by atoms with van der Waals surface area (Å²) in [6.07, 6.45) is 6.46. The van der Waals surface area contributed by atoms with Crippen molar-refractivity contribution in [3.05, 3.63) is 24.0 Å². The SMILES string of the molecule is CCNc1ccc(C(=O)N2CCOC3CCCCC32)nc1. The van der Waals surface area contributed by atoms with Gasteiger partial charge in [-0.25, -0.2) is 4.98 Å². The Kier molecular flexibility index (Phi) is 4.39. The van der Waals surface area contributed by atoms with Gasteiger partial charge in [-0.2, -0.15) is 0 Å². The van der Waals surface area contributed by atoms with Gasteiger partial charge in [-0.1, -0.05) is 12.8 Å². The third-order valence-electron chi connectivity index (χ3n) is 4.36. The highest BCUT2D eigenvalue weighted by Crippen LogP contribution is 2.29. The number of fused-ring (bicyclic) bond motifs is 1. The number of nitrogens with one attached hydrogen (secondary N) is 1. The monoisotopic (exact) mass is 289 g/mol. The van der Waals surface area contributed by atoms with Gasteiger partial charge in [-0.05, 0) is 31.9 Å². The molecular formula is C16H23N3O2. The molecule has 2 unspecified atom stereocenters. The van der Waals surface area contributed by atoms with E-state index in [4.69, 9.17) is 4.74 Å². The van der Waals surface area contributed by atoms with Crippen LogP contribution in [0.2, 0.25) is 0 Å². The molecule has 114 valence electrons. The van der Waals surface area contributed by atoms with Crippen LogP contribution in [0.25, 0.3) is 0 Å². The summed E-state index contributed by atoms with van der Waals surface area (Å²) >= 11 is 0. The lowest BCUT2D eigenvalue weighted by Crippen LogP contribution is -2.54. The molecule has 5 heteroatoms. The summed E-state index contributed by atoms with van der Waals surface area (Å²) in [5, 5.41) is 3.19. The van der Waals surface area contributed by atoms with Crippen LogP contribution in [0.1, 0.15) is 43.1 Å². The first-order valence-corrected chi connectivity index (χ1v) is 7.92. The van der Waals surface area contributed by atoms with Gasteiger partial charge in [0.25, 0.3) is 5.91 Å². The van der Waals surface area contributed by atoms with Crippen molar-refractivity contribution in [3.8, 4) is 0 Å². The van der Waals surface area contributed by atoms with Crippen molar-refractivity contribution < 1.29 is 9.53 Å². The summed E-state index contributed by atoms with van der Waals surface area (Å²) < 4.78 is 5.82. The largest absolute Gasteiger partial charge is 0.384 e. The standard InChI is InChI=1S/C16H23N3O2/c1-2-17-12-7-8-13(18-11-12)16(20)19-9-10-21-15-6-4-3-5-14(15)19/h7-8,11,14-15,17H,2-6,9-10H2,1H3. The zero-order valence-corrected chi connectivity index (χ0v) is 12.5. The van der Waals surface area contributed by atoms with Crippen LogP contribution in [0.15, 0.2) is 18.3 Å². The number of carbonyl (C=O) groups excluding carboxylic acids is 1. The molecule has 3 rings (SSSR count). The predicted molar refractivity (Wildman–Crippen MR) is 81.4 cm³/mol. The van der Waals surface area contributed by atoms with Crippen LogP contribution in [-0.4, -0.2) is 47.6 Å². The van der Waals surface area contributed by atoms with E-state index in [0.717, 1.165) is 25.1 Å². The lowest BCUT2D eigenvalue weighted by Gasteiger charge is -2.43. The van der Waals surface area contributed by atoms with Gasteiger partial charge in [0.2, 0.25) is 0 Å². The van der Waals surface area contributed by atoms with E-state index < -0.39 is 0 Å². The van der Waals surface area contributed by atoms with Crippen LogP contribution in [0.5, 0.6) is 0 Å². The fraction of sp³-hybridized carbons (Fsp3) is 0.625. The molecule has 1 N–H and O–H groups in total. The van der Waals surface area contributed by atoms with Gasteiger partial charge in [0.1, 0.15) is 5.69 Å². The van der Waals surface area contributed by atoms with Gasteiger partial charge in [-0.3, -0.25) is 4.79 Å². The molecule has 2 fully saturated rings. The summed E-state index contributed by atoms with van der Waals surface area (Å²) in [5.74, 6) is 0.0400. The van der Waals surface area contributed by atoms with Crippen molar-refractivity contribution in [3.63, 3.8) is 0 Å². The third kappa shape index (κ3) is 3.02. The lowest BCUT2D eigenvalue weighted by atomic mass is 9.90. The quantitative estimate of drug-likeness (QED) is 0.927. The van der Waals surface area contributed by atoms with Crippen LogP contribution < -0.4 is 5.32 Å². The normalized spacial score (nSPS) is 25.3. The maximum absolute atomic E-state index is 12.7. The van der Waals surface area contributed by atoms with Gasteiger partial charge in [-0.15, -0.1) is 0 Å². The van der Waals surface area contributed by atoms with E-state index in [1.54, 1.807) is 6.20 Å². The van der Waals surface area contributed by atoms with Crippen LogP contribution in [0.4, 0.5) is 5.69 Å². The van der Waals surface area contributed by atoms with E-state index in [0.29, 0.717) is 18.8 Å². The van der Waals surface area contributed by atoms with E-state index >= 15 is 0 Å². The van der Waals surface area contributed by atoms with Crippen molar-refractivity contribution in [1.29, 1.82) is 0 Å². The molecule has 5 nitrogen and oxygen atoms in total. The Morgan fingerprint density at radius 1 is 1.43 bits per heavy atom. The fourth-order valence-electron chi connectivity index (χ4n) is 3.32. The molecule has 1 amide bonds. The van der Waals surface area contributed by atoms with E-state index in [1.165, 1.54) is 12.8 Å². The average Bonchev–Trinajstić information content (AvgIpc) is 2.55.